The zero-order chi connectivity index (χ0) is 26.9. The van der Waals surface area contributed by atoms with Crippen LogP contribution >= 0.6 is 45.3 Å². The van der Waals surface area contributed by atoms with Crippen LogP contribution in [-0.4, -0.2) is 59.7 Å². The summed E-state index contributed by atoms with van der Waals surface area (Å²) in [7, 11) is 0. The molecule has 2 aromatic carbocycles. The number of rotatable bonds is 13. The number of phenolic OH excluding ortho intramolecular Hbond substituents is 1. The fourth-order valence-electron chi connectivity index (χ4n) is 5.15. The molecule has 1 heterocycles. The van der Waals surface area contributed by atoms with Crippen molar-refractivity contribution in [2.75, 3.05) is 32.7 Å². The van der Waals surface area contributed by atoms with Gasteiger partial charge in [0.05, 0.1) is 4.70 Å². The van der Waals surface area contributed by atoms with Gasteiger partial charge in [0.1, 0.15) is 11.3 Å². The maximum atomic E-state index is 13.8. The van der Waals surface area contributed by atoms with Crippen LogP contribution in [0.3, 0.4) is 0 Å². The number of carbonyl (C=O) groups excluding carboxylic acids is 1. The van der Waals surface area contributed by atoms with Gasteiger partial charge in [0.25, 0.3) is 0 Å². The Morgan fingerprint density at radius 2 is 1.68 bits per heavy atom. The highest BCUT2D eigenvalue weighted by Gasteiger charge is 2.24. The summed E-state index contributed by atoms with van der Waals surface area (Å²) in [5.74, 6) is -1.46. The Kier molecular flexibility index (Phi) is 14.7. The molecular weight excluding hydrogens is 670 g/mol. The van der Waals surface area contributed by atoms with Crippen molar-refractivity contribution in [3.05, 3.63) is 62.8 Å². The standard InChI is InChI=1S/C28H36F2N4O3S.2BrH/c29-22-8-4-5-19(25(22)30)11-14-31-16-13-24(36)34(21-6-2-1-3-7-21)18-17-32-15-12-20-9-10-23(35)26-27(20)38-28(37)33-26;;/h4-5,8-10,21,31-32,35H,1-3,6-7,11-18H2,(H,33,37);2*1H. The van der Waals surface area contributed by atoms with Gasteiger partial charge in [-0.05, 0) is 62.0 Å². The SMILES string of the molecule is Br.Br.O=C(CCNCCc1cccc(F)c1F)N(CCNCCc1ccc(O)c2[nH]c(=O)sc12)C1CCCCC1. The van der Waals surface area contributed by atoms with Gasteiger partial charge in [0.2, 0.25) is 5.91 Å². The van der Waals surface area contributed by atoms with Crippen molar-refractivity contribution in [2.24, 2.45) is 0 Å². The molecule has 0 aliphatic heterocycles. The van der Waals surface area contributed by atoms with E-state index in [1.165, 1.54) is 12.5 Å². The molecule has 1 aliphatic rings. The first-order chi connectivity index (χ1) is 18.4. The molecule has 3 aromatic rings. The summed E-state index contributed by atoms with van der Waals surface area (Å²) in [6.45, 7) is 2.94. The zero-order valence-corrected chi connectivity index (χ0v) is 26.6. The van der Waals surface area contributed by atoms with E-state index in [0.29, 0.717) is 63.1 Å². The number of hydrogen-bond donors (Lipinski definition) is 4. The first-order valence-electron chi connectivity index (χ1n) is 13.4. The highest BCUT2D eigenvalue weighted by molar-refractivity contribution is 8.93. The molecule has 40 heavy (non-hydrogen) atoms. The van der Waals surface area contributed by atoms with E-state index in [1.54, 1.807) is 12.1 Å². The lowest BCUT2D eigenvalue weighted by atomic mass is 9.94. The molecule has 0 spiro atoms. The molecule has 4 rings (SSSR count). The summed E-state index contributed by atoms with van der Waals surface area (Å²) < 4.78 is 28.0. The quantitative estimate of drug-likeness (QED) is 0.182. The Labute approximate surface area is 258 Å². The van der Waals surface area contributed by atoms with Gasteiger partial charge in [-0.1, -0.05) is 48.8 Å². The van der Waals surface area contributed by atoms with Crippen LogP contribution in [0, 0.1) is 11.6 Å². The van der Waals surface area contributed by atoms with Gasteiger partial charge >= 0.3 is 4.87 Å². The lowest BCUT2D eigenvalue weighted by Gasteiger charge is -2.34. The van der Waals surface area contributed by atoms with Gasteiger partial charge in [-0.25, -0.2) is 8.78 Å². The van der Waals surface area contributed by atoms with Crippen molar-refractivity contribution in [1.82, 2.24) is 20.5 Å². The van der Waals surface area contributed by atoms with E-state index in [1.807, 2.05) is 11.0 Å². The Morgan fingerprint density at radius 3 is 2.42 bits per heavy atom. The van der Waals surface area contributed by atoms with Crippen molar-refractivity contribution < 1.29 is 18.7 Å². The number of aromatic amines is 1. The molecule has 4 N–H and O–H groups in total. The third kappa shape index (κ3) is 9.34. The van der Waals surface area contributed by atoms with Crippen molar-refractivity contribution in [1.29, 1.82) is 0 Å². The van der Waals surface area contributed by atoms with E-state index in [2.05, 4.69) is 15.6 Å². The summed E-state index contributed by atoms with van der Waals surface area (Å²) in [6.07, 6.45) is 6.96. The van der Waals surface area contributed by atoms with Crippen LogP contribution in [-0.2, 0) is 17.6 Å². The van der Waals surface area contributed by atoms with Crippen LogP contribution in [0.1, 0.15) is 49.7 Å². The molecule has 1 amide bonds. The second-order valence-corrected chi connectivity index (χ2v) is 10.8. The molecular formula is C28H38Br2F2N4O3S. The number of aromatic hydroxyl groups is 1. The highest BCUT2D eigenvalue weighted by atomic mass is 79.9. The molecule has 12 heteroatoms. The maximum Gasteiger partial charge on any atom is 0.305 e. The van der Waals surface area contributed by atoms with Crippen molar-refractivity contribution in [3.63, 3.8) is 0 Å². The molecule has 0 bridgehead atoms. The number of hydrogen-bond acceptors (Lipinski definition) is 6. The molecule has 1 aliphatic carbocycles. The molecule has 0 atom stereocenters. The number of carbonyl (C=O) groups is 1. The minimum atomic E-state index is -0.840. The fraction of sp³-hybridized carbons (Fsp3) is 0.500. The topological polar surface area (TPSA) is 97.5 Å². The second kappa shape index (κ2) is 17.2. The lowest BCUT2D eigenvalue weighted by Crippen LogP contribution is -2.45. The molecule has 1 fully saturated rings. The Balaban J connectivity index is 0.00000280. The largest absolute Gasteiger partial charge is 0.506 e. The van der Waals surface area contributed by atoms with Gasteiger partial charge in [-0.2, -0.15) is 0 Å². The van der Waals surface area contributed by atoms with Crippen LogP contribution in [0.15, 0.2) is 35.1 Å². The summed E-state index contributed by atoms with van der Waals surface area (Å²) in [5, 5.41) is 16.6. The number of nitrogens with one attached hydrogen (secondary N) is 3. The van der Waals surface area contributed by atoms with Gasteiger partial charge in [0.15, 0.2) is 11.6 Å². The minimum absolute atomic E-state index is 0. The van der Waals surface area contributed by atoms with E-state index in [-0.39, 0.29) is 56.5 Å². The maximum absolute atomic E-state index is 13.8. The molecule has 0 unspecified atom stereocenters. The van der Waals surface area contributed by atoms with Crippen LogP contribution < -0.4 is 15.5 Å². The zero-order valence-electron chi connectivity index (χ0n) is 22.3. The second-order valence-electron chi connectivity index (χ2n) is 9.80. The van der Waals surface area contributed by atoms with Gasteiger partial charge < -0.3 is 25.6 Å². The monoisotopic (exact) mass is 706 g/mol. The number of thiazole rings is 1. The molecule has 1 aromatic heterocycles. The first-order valence-corrected chi connectivity index (χ1v) is 14.2. The van der Waals surface area contributed by atoms with Crippen molar-refractivity contribution >= 4 is 61.4 Å². The number of amides is 1. The van der Waals surface area contributed by atoms with Crippen LogP contribution in [0.5, 0.6) is 5.75 Å². The smallest absolute Gasteiger partial charge is 0.305 e. The van der Waals surface area contributed by atoms with Gasteiger partial charge in [-0.15, -0.1) is 34.0 Å². The fourth-order valence-corrected chi connectivity index (χ4v) is 6.05. The number of phenols is 1. The number of halogens is 4. The predicted octanol–water partition coefficient (Wildman–Crippen LogP) is 5.25. The van der Waals surface area contributed by atoms with Crippen LogP contribution in [0.4, 0.5) is 8.78 Å². The summed E-state index contributed by atoms with van der Waals surface area (Å²) in [6, 6.07) is 7.89. The van der Waals surface area contributed by atoms with E-state index >= 15 is 0 Å². The molecule has 1 saturated carbocycles. The molecule has 7 nitrogen and oxygen atoms in total. The average Bonchev–Trinajstić information content (AvgIpc) is 3.32. The van der Waals surface area contributed by atoms with E-state index in [9.17, 15) is 23.5 Å². The van der Waals surface area contributed by atoms with E-state index < -0.39 is 11.6 Å². The molecule has 0 saturated heterocycles. The van der Waals surface area contributed by atoms with E-state index in [0.717, 1.165) is 53.3 Å². The van der Waals surface area contributed by atoms with Gasteiger partial charge in [-0.3, -0.25) is 9.59 Å². The normalized spacial score (nSPS) is 13.6. The number of H-pyrrole nitrogens is 1. The summed E-state index contributed by atoms with van der Waals surface area (Å²) in [5.41, 5.74) is 1.82. The third-order valence-electron chi connectivity index (χ3n) is 7.19. The highest BCUT2D eigenvalue weighted by Crippen LogP contribution is 2.28. The first kappa shape index (κ1) is 34.3. The summed E-state index contributed by atoms with van der Waals surface area (Å²) in [4.78, 5) is 29.4. The van der Waals surface area contributed by atoms with E-state index in [4.69, 9.17) is 0 Å². The number of fused-ring (bicyclic) bond motifs is 1. The van der Waals surface area contributed by atoms with Crippen LogP contribution in [0.2, 0.25) is 0 Å². The molecule has 222 valence electrons. The Morgan fingerprint density at radius 1 is 0.975 bits per heavy atom. The van der Waals surface area contributed by atoms with Crippen molar-refractivity contribution in [2.45, 2.75) is 57.4 Å². The lowest BCUT2D eigenvalue weighted by molar-refractivity contribution is -0.134. The Hall–Kier alpha value is -1.86. The minimum Gasteiger partial charge on any atom is -0.506 e. The van der Waals surface area contributed by atoms with Crippen molar-refractivity contribution in [3.8, 4) is 5.75 Å². The Bertz CT molecular complexity index is 1280. The number of nitrogens with zero attached hydrogens (tertiary/aromatic N) is 1. The third-order valence-corrected chi connectivity index (χ3v) is 8.15. The molecule has 0 radical (unpaired) electrons. The predicted molar refractivity (Wildman–Crippen MR) is 167 cm³/mol. The van der Waals surface area contributed by atoms with Crippen LogP contribution in [0.25, 0.3) is 10.2 Å². The average molecular weight is 709 g/mol. The van der Waals surface area contributed by atoms with Gasteiger partial charge in [0, 0.05) is 32.1 Å². The summed E-state index contributed by atoms with van der Waals surface area (Å²) >= 11 is 1.10. The number of benzene rings is 2. The number of aromatic nitrogens is 1.